The molecule has 4 heteroatoms. The Bertz CT molecular complexity index is 459. The molecular weight excluding hydrogens is 231 g/mol. The van der Waals surface area contributed by atoms with E-state index in [9.17, 15) is 9.18 Å². The van der Waals surface area contributed by atoms with Crippen molar-refractivity contribution in [1.82, 2.24) is 5.32 Å². The molecule has 96 valence electrons. The SMILES string of the molecule is O=C1C(NC2CC2)CCCN1c1cccc(F)c1. The third-order valence-electron chi connectivity index (χ3n) is 3.57. The third-order valence-corrected chi connectivity index (χ3v) is 3.57. The highest BCUT2D eigenvalue weighted by Crippen LogP contribution is 2.25. The Balaban J connectivity index is 1.76. The van der Waals surface area contributed by atoms with Crippen LogP contribution in [0.3, 0.4) is 0 Å². The quantitative estimate of drug-likeness (QED) is 0.888. The molecule has 1 aliphatic heterocycles. The first-order chi connectivity index (χ1) is 8.74. The maximum Gasteiger partial charge on any atom is 0.244 e. The number of hydrogen-bond donors (Lipinski definition) is 1. The summed E-state index contributed by atoms with van der Waals surface area (Å²) in [5.41, 5.74) is 0.669. The fraction of sp³-hybridized carbons (Fsp3) is 0.500. The van der Waals surface area contributed by atoms with Gasteiger partial charge in [0, 0.05) is 18.3 Å². The normalized spacial score (nSPS) is 24.4. The van der Waals surface area contributed by atoms with E-state index in [4.69, 9.17) is 0 Å². The molecule has 0 spiro atoms. The van der Waals surface area contributed by atoms with Gasteiger partial charge in [-0.05, 0) is 43.9 Å². The number of nitrogens with one attached hydrogen (secondary N) is 1. The van der Waals surface area contributed by atoms with Crippen molar-refractivity contribution in [2.45, 2.75) is 37.8 Å². The fourth-order valence-corrected chi connectivity index (χ4v) is 2.46. The zero-order chi connectivity index (χ0) is 12.5. The van der Waals surface area contributed by atoms with E-state index in [0.717, 1.165) is 12.8 Å². The second-order valence-corrected chi connectivity index (χ2v) is 5.11. The smallest absolute Gasteiger partial charge is 0.244 e. The van der Waals surface area contributed by atoms with Gasteiger partial charge in [-0.1, -0.05) is 6.07 Å². The number of nitrogens with zero attached hydrogens (tertiary/aromatic N) is 1. The number of halogens is 1. The van der Waals surface area contributed by atoms with Gasteiger partial charge in [0.05, 0.1) is 6.04 Å². The molecule has 1 aromatic carbocycles. The molecule has 0 aromatic heterocycles. The summed E-state index contributed by atoms with van der Waals surface area (Å²) in [6.45, 7) is 0.686. The lowest BCUT2D eigenvalue weighted by Gasteiger charge is -2.32. The lowest BCUT2D eigenvalue weighted by molar-refractivity contribution is -0.121. The number of hydrogen-bond acceptors (Lipinski definition) is 2. The van der Waals surface area contributed by atoms with Crippen LogP contribution in [0.15, 0.2) is 24.3 Å². The summed E-state index contributed by atoms with van der Waals surface area (Å²) < 4.78 is 13.2. The van der Waals surface area contributed by atoms with Crippen LogP contribution in [0.5, 0.6) is 0 Å². The Hall–Kier alpha value is -1.42. The summed E-state index contributed by atoms with van der Waals surface area (Å²) in [6.07, 6.45) is 4.20. The molecule has 1 unspecified atom stereocenters. The second kappa shape index (κ2) is 4.69. The topological polar surface area (TPSA) is 32.3 Å². The van der Waals surface area contributed by atoms with Gasteiger partial charge in [-0.25, -0.2) is 4.39 Å². The van der Waals surface area contributed by atoms with Crippen molar-refractivity contribution in [1.29, 1.82) is 0 Å². The minimum absolute atomic E-state index is 0.0822. The molecule has 1 saturated carbocycles. The van der Waals surface area contributed by atoms with Gasteiger partial charge in [-0.15, -0.1) is 0 Å². The number of carbonyl (C=O) groups is 1. The van der Waals surface area contributed by atoms with Gasteiger partial charge >= 0.3 is 0 Å². The van der Waals surface area contributed by atoms with Crippen molar-refractivity contribution in [2.24, 2.45) is 0 Å². The van der Waals surface area contributed by atoms with Gasteiger partial charge in [0.2, 0.25) is 5.91 Å². The second-order valence-electron chi connectivity index (χ2n) is 5.11. The standard InChI is InChI=1S/C14H17FN2O/c15-10-3-1-4-12(9-10)17-8-2-5-13(14(17)18)16-11-6-7-11/h1,3-4,9,11,13,16H,2,5-8H2. The van der Waals surface area contributed by atoms with E-state index < -0.39 is 0 Å². The number of carbonyl (C=O) groups excluding carboxylic acids is 1. The molecule has 1 N–H and O–H groups in total. The Kier molecular flexibility index (Phi) is 3.04. The Morgan fingerprint density at radius 1 is 1.28 bits per heavy atom. The van der Waals surface area contributed by atoms with Crippen molar-refractivity contribution in [3.63, 3.8) is 0 Å². The maximum atomic E-state index is 13.2. The monoisotopic (exact) mass is 248 g/mol. The molecule has 2 fully saturated rings. The zero-order valence-electron chi connectivity index (χ0n) is 10.2. The Morgan fingerprint density at radius 2 is 2.11 bits per heavy atom. The number of amides is 1. The highest BCUT2D eigenvalue weighted by atomic mass is 19.1. The van der Waals surface area contributed by atoms with E-state index in [1.807, 2.05) is 0 Å². The van der Waals surface area contributed by atoms with Crippen LogP contribution in [0.4, 0.5) is 10.1 Å². The predicted molar refractivity (Wildman–Crippen MR) is 67.9 cm³/mol. The molecule has 1 saturated heterocycles. The van der Waals surface area contributed by atoms with Crippen LogP contribution in [0.1, 0.15) is 25.7 Å². The summed E-state index contributed by atoms with van der Waals surface area (Å²) in [6, 6.07) is 6.70. The molecule has 3 nitrogen and oxygen atoms in total. The molecule has 1 aromatic rings. The number of anilines is 1. The number of benzene rings is 1. The van der Waals surface area contributed by atoms with Crippen molar-refractivity contribution in [3.8, 4) is 0 Å². The summed E-state index contributed by atoms with van der Waals surface area (Å²) in [7, 11) is 0. The van der Waals surface area contributed by atoms with E-state index in [-0.39, 0.29) is 17.8 Å². The summed E-state index contributed by atoms with van der Waals surface area (Å²) in [5, 5.41) is 3.37. The van der Waals surface area contributed by atoms with Crippen LogP contribution < -0.4 is 10.2 Å². The lowest BCUT2D eigenvalue weighted by atomic mass is 10.0. The average molecular weight is 248 g/mol. The predicted octanol–water partition coefficient (Wildman–Crippen LogP) is 2.07. The molecule has 1 amide bonds. The lowest BCUT2D eigenvalue weighted by Crippen LogP contribution is -2.51. The van der Waals surface area contributed by atoms with Crippen molar-refractivity contribution < 1.29 is 9.18 Å². The van der Waals surface area contributed by atoms with E-state index in [0.29, 0.717) is 18.3 Å². The molecule has 0 bridgehead atoms. The van der Waals surface area contributed by atoms with Gasteiger partial charge in [0.1, 0.15) is 5.82 Å². The Morgan fingerprint density at radius 3 is 2.83 bits per heavy atom. The molecule has 18 heavy (non-hydrogen) atoms. The van der Waals surface area contributed by atoms with E-state index in [2.05, 4.69) is 5.32 Å². The van der Waals surface area contributed by atoms with Crippen LogP contribution >= 0.6 is 0 Å². The van der Waals surface area contributed by atoms with Gasteiger partial charge < -0.3 is 10.2 Å². The summed E-state index contributed by atoms with van der Waals surface area (Å²) >= 11 is 0. The van der Waals surface area contributed by atoms with Crippen LogP contribution in [-0.4, -0.2) is 24.5 Å². The molecule has 1 atom stereocenters. The number of rotatable bonds is 3. The first kappa shape index (κ1) is 11.7. The van der Waals surface area contributed by atoms with E-state index in [1.165, 1.54) is 25.0 Å². The maximum absolute atomic E-state index is 13.2. The average Bonchev–Trinajstić information content (AvgIpc) is 3.16. The first-order valence-corrected chi connectivity index (χ1v) is 6.57. The van der Waals surface area contributed by atoms with Gasteiger partial charge in [0.15, 0.2) is 0 Å². The van der Waals surface area contributed by atoms with E-state index >= 15 is 0 Å². The zero-order valence-corrected chi connectivity index (χ0v) is 10.2. The minimum Gasteiger partial charge on any atom is -0.311 e. The van der Waals surface area contributed by atoms with E-state index in [1.54, 1.807) is 17.0 Å². The summed E-state index contributed by atoms with van der Waals surface area (Å²) in [5.74, 6) is -0.212. The highest BCUT2D eigenvalue weighted by Gasteiger charge is 2.33. The fourth-order valence-electron chi connectivity index (χ4n) is 2.46. The molecular formula is C14H17FN2O. The highest BCUT2D eigenvalue weighted by molar-refractivity contribution is 5.97. The summed E-state index contributed by atoms with van der Waals surface area (Å²) in [4.78, 5) is 14.0. The van der Waals surface area contributed by atoms with Crippen molar-refractivity contribution in [3.05, 3.63) is 30.1 Å². The largest absolute Gasteiger partial charge is 0.311 e. The third kappa shape index (κ3) is 2.38. The molecule has 3 rings (SSSR count). The first-order valence-electron chi connectivity index (χ1n) is 6.57. The minimum atomic E-state index is -0.294. The van der Waals surface area contributed by atoms with Crippen LogP contribution in [0.25, 0.3) is 0 Å². The number of piperidine rings is 1. The molecule has 1 heterocycles. The van der Waals surface area contributed by atoms with Gasteiger partial charge in [0.25, 0.3) is 0 Å². The van der Waals surface area contributed by atoms with Crippen LogP contribution in [-0.2, 0) is 4.79 Å². The van der Waals surface area contributed by atoms with Crippen molar-refractivity contribution in [2.75, 3.05) is 11.4 Å². The van der Waals surface area contributed by atoms with Gasteiger partial charge in [-0.2, -0.15) is 0 Å². The molecule has 0 radical (unpaired) electrons. The Labute approximate surface area is 106 Å². The van der Waals surface area contributed by atoms with Crippen molar-refractivity contribution >= 4 is 11.6 Å². The van der Waals surface area contributed by atoms with Crippen LogP contribution in [0.2, 0.25) is 0 Å². The molecule has 2 aliphatic rings. The van der Waals surface area contributed by atoms with Crippen LogP contribution in [0, 0.1) is 5.82 Å². The molecule has 1 aliphatic carbocycles. The van der Waals surface area contributed by atoms with Gasteiger partial charge in [-0.3, -0.25) is 4.79 Å².